The Labute approximate surface area is 174 Å². The molecule has 2 aromatic rings. The molecule has 0 saturated carbocycles. The zero-order chi connectivity index (χ0) is 22.0. The van der Waals surface area contributed by atoms with Gasteiger partial charge in [0.25, 0.3) is 5.91 Å². The first kappa shape index (κ1) is 23.4. The molecule has 3 N–H and O–H groups in total. The van der Waals surface area contributed by atoms with E-state index < -0.39 is 17.6 Å². The van der Waals surface area contributed by atoms with E-state index in [9.17, 15) is 22.8 Å². The van der Waals surface area contributed by atoms with Crippen LogP contribution in [0.5, 0.6) is 0 Å². The van der Waals surface area contributed by atoms with E-state index in [1.807, 2.05) is 6.07 Å². The van der Waals surface area contributed by atoms with E-state index in [0.717, 1.165) is 50.2 Å². The highest BCUT2D eigenvalue weighted by atomic mass is 19.4. The average molecular weight is 421 g/mol. The highest BCUT2D eigenvalue weighted by Gasteiger charge is 2.30. The number of carbonyl (C=O) groups excluding carboxylic acids is 2. The van der Waals surface area contributed by atoms with E-state index in [0.29, 0.717) is 6.54 Å². The van der Waals surface area contributed by atoms with Gasteiger partial charge in [-0.05, 0) is 54.8 Å². The summed E-state index contributed by atoms with van der Waals surface area (Å²) < 4.78 is 37.6. The molecule has 0 unspecified atom stereocenters. The van der Waals surface area contributed by atoms with Crippen LogP contribution in [-0.2, 0) is 23.9 Å². The maximum absolute atomic E-state index is 12.5. The summed E-state index contributed by atoms with van der Waals surface area (Å²) in [6.45, 7) is 3.81. The summed E-state index contributed by atoms with van der Waals surface area (Å²) in [5.74, 6) is -0.958. The molecule has 8 heteroatoms. The van der Waals surface area contributed by atoms with Crippen molar-refractivity contribution in [1.82, 2.24) is 16.0 Å². The molecule has 2 aromatic carbocycles. The second-order valence-electron chi connectivity index (χ2n) is 6.81. The van der Waals surface area contributed by atoms with Gasteiger partial charge in [0.15, 0.2) is 0 Å². The summed E-state index contributed by atoms with van der Waals surface area (Å²) in [6, 6.07) is 12.2. The van der Waals surface area contributed by atoms with E-state index in [1.165, 1.54) is 11.1 Å². The molecule has 0 aliphatic heterocycles. The largest absolute Gasteiger partial charge is 0.416 e. The molecule has 2 rings (SSSR count). The van der Waals surface area contributed by atoms with E-state index in [-0.39, 0.29) is 18.0 Å². The van der Waals surface area contributed by atoms with Crippen LogP contribution < -0.4 is 16.0 Å². The van der Waals surface area contributed by atoms with E-state index in [1.54, 1.807) is 0 Å². The van der Waals surface area contributed by atoms with Crippen molar-refractivity contribution >= 4 is 11.8 Å². The number of aryl methyl sites for hydroxylation is 1. The number of hydrogen-bond donors (Lipinski definition) is 3. The number of benzene rings is 2. The topological polar surface area (TPSA) is 70.2 Å². The van der Waals surface area contributed by atoms with Crippen LogP contribution >= 0.6 is 0 Å². The maximum atomic E-state index is 12.5. The molecule has 30 heavy (non-hydrogen) atoms. The van der Waals surface area contributed by atoms with Gasteiger partial charge in [-0.1, -0.05) is 31.2 Å². The molecule has 0 aliphatic rings. The van der Waals surface area contributed by atoms with Crippen molar-refractivity contribution in [3.63, 3.8) is 0 Å². The molecule has 0 heterocycles. The standard InChI is InChI=1S/C22H26F3N3O2/c1-2-16-5-3-6-17(13-16)14-26-11-4-12-27-20(29)15-28-21(30)18-7-9-19(10-8-18)22(23,24)25/h3,5-10,13,26H,2,4,11-12,14-15H2,1H3,(H,27,29)(H,28,30). The summed E-state index contributed by atoms with van der Waals surface area (Å²) in [4.78, 5) is 23.7. The van der Waals surface area contributed by atoms with Gasteiger partial charge in [0.05, 0.1) is 12.1 Å². The van der Waals surface area contributed by atoms with Crippen LogP contribution in [0.4, 0.5) is 13.2 Å². The minimum absolute atomic E-state index is 0.0622. The molecule has 5 nitrogen and oxygen atoms in total. The SMILES string of the molecule is CCc1cccc(CNCCCNC(=O)CNC(=O)c2ccc(C(F)(F)F)cc2)c1. The van der Waals surface area contributed by atoms with Crippen LogP contribution in [0.15, 0.2) is 48.5 Å². The fourth-order valence-electron chi connectivity index (χ4n) is 2.77. The predicted molar refractivity (Wildman–Crippen MR) is 109 cm³/mol. The number of amides is 2. The van der Waals surface area contributed by atoms with Gasteiger partial charge in [-0.2, -0.15) is 13.2 Å². The second-order valence-corrected chi connectivity index (χ2v) is 6.81. The summed E-state index contributed by atoms with van der Waals surface area (Å²) >= 11 is 0. The monoisotopic (exact) mass is 421 g/mol. The highest BCUT2D eigenvalue weighted by molar-refractivity contribution is 5.96. The van der Waals surface area contributed by atoms with Gasteiger partial charge in [0.1, 0.15) is 0 Å². The van der Waals surface area contributed by atoms with Crippen LogP contribution in [0.25, 0.3) is 0 Å². The van der Waals surface area contributed by atoms with Crippen molar-refractivity contribution in [2.45, 2.75) is 32.5 Å². The number of halogens is 3. The highest BCUT2D eigenvalue weighted by Crippen LogP contribution is 2.29. The summed E-state index contributed by atoms with van der Waals surface area (Å²) in [7, 11) is 0. The minimum Gasteiger partial charge on any atom is -0.355 e. The van der Waals surface area contributed by atoms with Crippen molar-refractivity contribution in [2.24, 2.45) is 0 Å². The van der Waals surface area contributed by atoms with E-state index in [4.69, 9.17) is 0 Å². The Hall–Kier alpha value is -2.87. The molecule has 0 aliphatic carbocycles. The summed E-state index contributed by atoms with van der Waals surface area (Å²) in [6.07, 6.45) is -2.73. The molecular weight excluding hydrogens is 395 g/mol. The Kier molecular flexibility index (Phi) is 8.86. The Bertz CT molecular complexity index is 836. The number of alkyl halides is 3. The van der Waals surface area contributed by atoms with Gasteiger partial charge in [-0.25, -0.2) is 0 Å². The number of rotatable bonds is 10. The van der Waals surface area contributed by atoms with Gasteiger partial charge < -0.3 is 16.0 Å². The second kappa shape index (κ2) is 11.3. The van der Waals surface area contributed by atoms with Crippen molar-refractivity contribution in [3.05, 3.63) is 70.8 Å². The van der Waals surface area contributed by atoms with Crippen molar-refractivity contribution in [1.29, 1.82) is 0 Å². The molecule has 0 atom stereocenters. The Morgan fingerprint density at radius 1 is 0.933 bits per heavy atom. The molecule has 0 bridgehead atoms. The molecule has 2 amide bonds. The first-order valence-corrected chi connectivity index (χ1v) is 9.80. The van der Waals surface area contributed by atoms with Crippen LogP contribution in [0.2, 0.25) is 0 Å². The van der Waals surface area contributed by atoms with Gasteiger partial charge in [0, 0.05) is 18.7 Å². The van der Waals surface area contributed by atoms with Crippen molar-refractivity contribution < 1.29 is 22.8 Å². The zero-order valence-corrected chi connectivity index (χ0v) is 16.8. The average Bonchev–Trinajstić information content (AvgIpc) is 2.74. The molecule has 0 spiro atoms. The van der Waals surface area contributed by atoms with E-state index >= 15 is 0 Å². The molecule has 0 saturated heterocycles. The Morgan fingerprint density at radius 3 is 2.30 bits per heavy atom. The lowest BCUT2D eigenvalue weighted by molar-refractivity contribution is -0.137. The third kappa shape index (κ3) is 7.87. The number of hydrogen-bond acceptors (Lipinski definition) is 3. The quantitative estimate of drug-likeness (QED) is 0.516. The van der Waals surface area contributed by atoms with E-state index in [2.05, 4.69) is 41.1 Å². The van der Waals surface area contributed by atoms with Crippen LogP contribution in [0, 0.1) is 0 Å². The first-order chi connectivity index (χ1) is 14.3. The smallest absolute Gasteiger partial charge is 0.355 e. The predicted octanol–water partition coefficient (Wildman–Crippen LogP) is 3.29. The van der Waals surface area contributed by atoms with Gasteiger partial charge in [0.2, 0.25) is 5.91 Å². The molecular formula is C22H26F3N3O2. The molecule has 162 valence electrons. The molecule has 0 aromatic heterocycles. The zero-order valence-electron chi connectivity index (χ0n) is 16.8. The fraction of sp³-hybridized carbons (Fsp3) is 0.364. The fourth-order valence-corrected chi connectivity index (χ4v) is 2.77. The lowest BCUT2D eigenvalue weighted by Crippen LogP contribution is -2.37. The number of carbonyl (C=O) groups is 2. The lowest BCUT2D eigenvalue weighted by atomic mass is 10.1. The first-order valence-electron chi connectivity index (χ1n) is 9.80. The van der Waals surface area contributed by atoms with Crippen molar-refractivity contribution in [3.8, 4) is 0 Å². The Balaban J connectivity index is 1.60. The summed E-state index contributed by atoms with van der Waals surface area (Å²) in [5, 5.41) is 8.40. The van der Waals surface area contributed by atoms with Crippen molar-refractivity contribution in [2.75, 3.05) is 19.6 Å². The minimum atomic E-state index is -4.46. The van der Waals surface area contributed by atoms with Crippen LogP contribution in [0.3, 0.4) is 0 Å². The maximum Gasteiger partial charge on any atom is 0.416 e. The van der Waals surface area contributed by atoms with Gasteiger partial charge in [-0.3, -0.25) is 9.59 Å². The van der Waals surface area contributed by atoms with Gasteiger partial charge in [-0.15, -0.1) is 0 Å². The molecule has 0 fully saturated rings. The third-order valence-corrected chi connectivity index (χ3v) is 4.47. The third-order valence-electron chi connectivity index (χ3n) is 4.47. The summed E-state index contributed by atoms with van der Waals surface area (Å²) in [5.41, 5.74) is 1.74. The Morgan fingerprint density at radius 2 is 1.63 bits per heavy atom. The lowest BCUT2D eigenvalue weighted by Gasteiger charge is -2.09. The molecule has 0 radical (unpaired) electrons. The van der Waals surface area contributed by atoms with Gasteiger partial charge >= 0.3 is 6.18 Å². The van der Waals surface area contributed by atoms with Crippen LogP contribution in [-0.4, -0.2) is 31.4 Å². The van der Waals surface area contributed by atoms with Crippen LogP contribution in [0.1, 0.15) is 40.4 Å². The number of nitrogens with one attached hydrogen (secondary N) is 3. The normalized spacial score (nSPS) is 11.2.